The molecule has 1 aromatic carbocycles. The van der Waals surface area contributed by atoms with Crippen molar-refractivity contribution in [3.63, 3.8) is 0 Å². The summed E-state index contributed by atoms with van der Waals surface area (Å²) >= 11 is 6.17. The quantitative estimate of drug-likeness (QED) is 0.716. The Bertz CT molecular complexity index is 836. The van der Waals surface area contributed by atoms with Crippen LogP contribution in [-0.4, -0.2) is 15.0 Å². The Labute approximate surface area is 146 Å². The lowest BCUT2D eigenvalue weighted by Gasteiger charge is -2.11. The van der Waals surface area contributed by atoms with Crippen LogP contribution in [0.5, 0.6) is 0 Å². The van der Waals surface area contributed by atoms with Crippen LogP contribution in [0.4, 0.5) is 17.5 Å². The smallest absolute Gasteiger partial charge is 0.225 e. The van der Waals surface area contributed by atoms with Crippen molar-refractivity contribution in [3.05, 3.63) is 70.6 Å². The third-order valence-corrected chi connectivity index (χ3v) is 3.88. The van der Waals surface area contributed by atoms with Gasteiger partial charge in [-0.25, -0.2) is 4.98 Å². The van der Waals surface area contributed by atoms with Crippen molar-refractivity contribution in [2.75, 3.05) is 10.6 Å². The lowest BCUT2D eigenvalue weighted by molar-refractivity contribution is 1.02. The molecule has 2 aromatic heterocycles. The van der Waals surface area contributed by atoms with Crippen molar-refractivity contribution in [2.45, 2.75) is 20.4 Å². The molecular weight excluding hydrogens is 322 g/mol. The number of hydrogen-bond acceptors (Lipinski definition) is 5. The third-order valence-electron chi connectivity index (χ3n) is 3.47. The molecule has 0 spiro atoms. The molecule has 3 rings (SSSR count). The van der Waals surface area contributed by atoms with Crippen molar-refractivity contribution in [2.24, 2.45) is 0 Å². The minimum Gasteiger partial charge on any atom is -0.350 e. The third kappa shape index (κ3) is 4.20. The van der Waals surface area contributed by atoms with E-state index in [1.807, 2.05) is 56.4 Å². The Kier molecular flexibility index (Phi) is 4.91. The van der Waals surface area contributed by atoms with E-state index in [4.69, 9.17) is 11.6 Å². The highest BCUT2D eigenvalue weighted by molar-refractivity contribution is 6.31. The summed E-state index contributed by atoms with van der Waals surface area (Å²) in [6, 6.07) is 11.6. The van der Waals surface area contributed by atoms with Gasteiger partial charge in [-0.1, -0.05) is 23.7 Å². The number of nitrogens with one attached hydrogen (secondary N) is 2. The molecule has 24 heavy (non-hydrogen) atoms. The lowest BCUT2D eigenvalue weighted by Crippen LogP contribution is -2.06. The summed E-state index contributed by atoms with van der Waals surface area (Å²) in [6.45, 7) is 4.53. The molecule has 0 radical (unpaired) electrons. The number of rotatable bonds is 5. The number of benzene rings is 1. The van der Waals surface area contributed by atoms with E-state index in [0.717, 1.165) is 33.3 Å². The Morgan fingerprint density at radius 3 is 2.71 bits per heavy atom. The van der Waals surface area contributed by atoms with Gasteiger partial charge in [0, 0.05) is 41.4 Å². The van der Waals surface area contributed by atoms with Crippen molar-refractivity contribution in [1.82, 2.24) is 15.0 Å². The van der Waals surface area contributed by atoms with E-state index in [-0.39, 0.29) is 0 Å². The van der Waals surface area contributed by atoms with Gasteiger partial charge in [-0.05, 0) is 43.2 Å². The van der Waals surface area contributed by atoms with E-state index in [9.17, 15) is 0 Å². The Hall–Kier alpha value is -2.66. The molecule has 0 atom stereocenters. The summed E-state index contributed by atoms with van der Waals surface area (Å²) in [4.78, 5) is 13.0. The molecule has 0 aliphatic heterocycles. The molecule has 0 fully saturated rings. The minimum atomic E-state index is 0.569. The molecule has 6 heteroatoms. The number of halogens is 1. The molecule has 2 heterocycles. The van der Waals surface area contributed by atoms with Gasteiger partial charge in [-0.15, -0.1) is 0 Å². The fraction of sp³-hybridized carbons (Fsp3) is 0.167. The molecule has 0 unspecified atom stereocenters. The first-order valence-corrected chi connectivity index (χ1v) is 7.99. The van der Waals surface area contributed by atoms with Gasteiger partial charge in [0.1, 0.15) is 5.82 Å². The number of pyridine rings is 1. The molecule has 122 valence electrons. The number of aromatic nitrogens is 3. The summed E-state index contributed by atoms with van der Waals surface area (Å²) in [7, 11) is 0. The summed E-state index contributed by atoms with van der Waals surface area (Å²) in [5, 5.41) is 7.21. The van der Waals surface area contributed by atoms with Crippen LogP contribution in [-0.2, 0) is 6.54 Å². The van der Waals surface area contributed by atoms with E-state index >= 15 is 0 Å². The molecule has 0 bridgehead atoms. The highest BCUT2D eigenvalue weighted by Crippen LogP contribution is 2.23. The first kappa shape index (κ1) is 16.2. The van der Waals surface area contributed by atoms with Gasteiger partial charge < -0.3 is 10.6 Å². The molecule has 0 amide bonds. The van der Waals surface area contributed by atoms with Crippen LogP contribution in [0.3, 0.4) is 0 Å². The molecule has 0 saturated carbocycles. The normalized spacial score (nSPS) is 10.5. The predicted molar refractivity (Wildman–Crippen MR) is 97.8 cm³/mol. The molecule has 0 saturated heterocycles. The molecule has 0 aliphatic rings. The molecule has 2 N–H and O–H groups in total. The first-order chi connectivity index (χ1) is 11.6. The molecule has 5 nitrogen and oxygen atoms in total. The molecular formula is C18H18ClN5. The van der Waals surface area contributed by atoms with Crippen LogP contribution in [0.1, 0.15) is 16.8 Å². The average Bonchev–Trinajstić information content (AvgIpc) is 2.57. The van der Waals surface area contributed by atoms with Crippen LogP contribution < -0.4 is 10.6 Å². The van der Waals surface area contributed by atoms with Gasteiger partial charge >= 0.3 is 0 Å². The zero-order chi connectivity index (χ0) is 16.9. The number of hydrogen-bond donors (Lipinski definition) is 2. The summed E-state index contributed by atoms with van der Waals surface area (Å²) in [5.41, 5.74) is 3.88. The fourth-order valence-electron chi connectivity index (χ4n) is 2.21. The predicted octanol–water partition coefficient (Wildman–Crippen LogP) is 4.50. The van der Waals surface area contributed by atoms with E-state index in [0.29, 0.717) is 12.5 Å². The van der Waals surface area contributed by atoms with Crippen LogP contribution in [0, 0.1) is 13.8 Å². The van der Waals surface area contributed by atoms with Gasteiger partial charge in [0.25, 0.3) is 0 Å². The van der Waals surface area contributed by atoms with Gasteiger partial charge in [0.15, 0.2) is 0 Å². The van der Waals surface area contributed by atoms with Crippen LogP contribution in [0.25, 0.3) is 0 Å². The first-order valence-electron chi connectivity index (χ1n) is 7.62. The SMILES string of the molecule is Cc1cc(Nc2ccc(C)c(Cl)c2)nc(NCc2cccnc2)n1. The Balaban J connectivity index is 1.74. The van der Waals surface area contributed by atoms with Gasteiger partial charge in [0.2, 0.25) is 5.95 Å². The maximum Gasteiger partial charge on any atom is 0.225 e. The van der Waals surface area contributed by atoms with E-state index in [1.165, 1.54) is 0 Å². The Morgan fingerprint density at radius 1 is 1.08 bits per heavy atom. The van der Waals surface area contributed by atoms with Crippen molar-refractivity contribution >= 4 is 29.1 Å². The second-order valence-electron chi connectivity index (χ2n) is 5.52. The largest absolute Gasteiger partial charge is 0.350 e. The highest BCUT2D eigenvalue weighted by atomic mass is 35.5. The summed E-state index contributed by atoms with van der Waals surface area (Å²) in [6.07, 6.45) is 3.57. The van der Waals surface area contributed by atoms with Crippen LogP contribution in [0.15, 0.2) is 48.8 Å². The highest BCUT2D eigenvalue weighted by Gasteiger charge is 2.04. The maximum atomic E-state index is 6.17. The number of nitrogens with zero attached hydrogens (tertiary/aromatic N) is 3. The van der Waals surface area contributed by atoms with Crippen molar-refractivity contribution in [3.8, 4) is 0 Å². The van der Waals surface area contributed by atoms with E-state index in [2.05, 4.69) is 25.6 Å². The van der Waals surface area contributed by atoms with Gasteiger partial charge in [-0.2, -0.15) is 4.98 Å². The molecule has 0 aliphatic carbocycles. The van der Waals surface area contributed by atoms with Crippen molar-refractivity contribution < 1.29 is 0 Å². The van der Waals surface area contributed by atoms with E-state index < -0.39 is 0 Å². The van der Waals surface area contributed by atoms with Crippen molar-refractivity contribution in [1.29, 1.82) is 0 Å². The Morgan fingerprint density at radius 2 is 1.96 bits per heavy atom. The number of aryl methyl sites for hydroxylation is 2. The maximum absolute atomic E-state index is 6.17. The standard InChI is InChI=1S/C18H18ClN5/c1-12-5-6-15(9-16(12)19)23-17-8-13(2)22-18(24-17)21-11-14-4-3-7-20-10-14/h3-10H,11H2,1-2H3,(H2,21,22,23,24). The van der Waals surface area contributed by atoms with Crippen LogP contribution >= 0.6 is 11.6 Å². The topological polar surface area (TPSA) is 62.7 Å². The monoisotopic (exact) mass is 339 g/mol. The lowest BCUT2D eigenvalue weighted by atomic mass is 10.2. The minimum absolute atomic E-state index is 0.569. The second-order valence-corrected chi connectivity index (χ2v) is 5.93. The number of anilines is 3. The van der Waals surface area contributed by atoms with Gasteiger partial charge in [0.05, 0.1) is 0 Å². The summed E-state index contributed by atoms with van der Waals surface area (Å²) < 4.78 is 0. The summed E-state index contributed by atoms with van der Waals surface area (Å²) in [5.74, 6) is 1.29. The van der Waals surface area contributed by atoms with E-state index in [1.54, 1.807) is 6.20 Å². The fourth-order valence-corrected chi connectivity index (χ4v) is 2.39. The zero-order valence-corrected chi connectivity index (χ0v) is 14.3. The molecule has 3 aromatic rings. The zero-order valence-electron chi connectivity index (χ0n) is 13.5. The second kappa shape index (κ2) is 7.27. The van der Waals surface area contributed by atoms with Gasteiger partial charge in [-0.3, -0.25) is 4.98 Å². The average molecular weight is 340 g/mol. The van der Waals surface area contributed by atoms with Crippen LogP contribution in [0.2, 0.25) is 5.02 Å².